The Labute approximate surface area is 208 Å². The fourth-order valence-corrected chi connectivity index (χ4v) is 4.40. The first-order chi connectivity index (χ1) is 17.0. The largest absolute Gasteiger partial charge is 0.497 e. The van der Waals surface area contributed by atoms with Crippen LogP contribution in [0.15, 0.2) is 90.1 Å². The van der Waals surface area contributed by atoms with Crippen LogP contribution in [0, 0.1) is 0 Å². The lowest BCUT2D eigenvalue weighted by Crippen LogP contribution is -2.42. The fraction of sp³-hybridized carbons (Fsp3) is 0.185. The molecule has 35 heavy (non-hydrogen) atoms. The number of carbonyl (C=O) groups is 2. The van der Waals surface area contributed by atoms with E-state index >= 15 is 0 Å². The first-order valence-corrected chi connectivity index (χ1v) is 12.2. The van der Waals surface area contributed by atoms with Crippen molar-refractivity contribution in [3.05, 3.63) is 90.5 Å². The average molecular weight is 487 g/mol. The molecule has 0 spiro atoms. The van der Waals surface area contributed by atoms with E-state index in [4.69, 9.17) is 4.74 Å². The highest BCUT2D eigenvalue weighted by Crippen LogP contribution is 2.29. The predicted octanol–water partition coefficient (Wildman–Crippen LogP) is 4.35. The van der Waals surface area contributed by atoms with Crippen LogP contribution < -0.4 is 10.1 Å². The molecule has 0 radical (unpaired) electrons. The van der Waals surface area contributed by atoms with Crippen molar-refractivity contribution in [2.24, 2.45) is 0 Å². The number of hydrogen-bond acceptors (Lipinski definition) is 6. The van der Waals surface area contributed by atoms with Gasteiger partial charge in [0.25, 0.3) is 0 Å². The maximum Gasteiger partial charge on any atom is 0.231 e. The Morgan fingerprint density at radius 1 is 0.971 bits per heavy atom. The quantitative estimate of drug-likeness (QED) is 0.336. The number of para-hydroxylation sites is 1. The summed E-state index contributed by atoms with van der Waals surface area (Å²) in [6.07, 6.45) is 0.451. The van der Waals surface area contributed by atoms with Gasteiger partial charge >= 0.3 is 0 Å². The molecule has 0 aliphatic heterocycles. The van der Waals surface area contributed by atoms with Crippen molar-refractivity contribution >= 4 is 23.5 Å². The molecule has 0 fully saturated rings. The molecule has 0 bridgehead atoms. The van der Waals surface area contributed by atoms with Gasteiger partial charge in [-0.1, -0.05) is 72.4 Å². The van der Waals surface area contributed by atoms with Crippen molar-refractivity contribution in [3.8, 4) is 22.8 Å². The van der Waals surface area contributed by atoms with Crippen molar-refractivity contribution in [2.45, 2.75) is 24.5 Å². The maximum absolute atomic E-state index is 12.8. The van der Waals surface area contributed by atoms with Crippen LogP contribution in [0.3, 0.4) is 0 Å². The van der Waals surface area contributed by atoms with Crippen molar-refractivity contribution in [1.29, 1.82) is 0 Å². The molecule has 1 amide bonds. The molecule has 0 unspecified atom stereocenters. The number of aromatic nitrogens is 3. The zero-order chi connectivity index (χ0) is 24.6. The van der Waals surface area contributed by atoms with E-state index < -0.39 is 6.04 Å². The second-order valence-electron chi connectivity index (χ2n) is 7.92. The third-order valence-electron chi connectivity index (χ3n) is 5.42. The highest BCUT2D eigenvalue weighted by molar-refractivity contribution is 7.99. The van der Waals surface area contributed by atoms with E-state index in [1.54, 1.807) is 7.11 Å². The molecule has 4 rings (SSSR count). The van der Waals surface area contributed by atoms with Crippen LogP contribution in [0.25, 0.3) is 17.1 Å². The summed E-state index contributed by atoms with van der Waals surface area (Å²) < 4.78 is 7.28. The standard InChI is InChI=1S/C27H26N4O3S/c1-19(32)24(16-20-10-5-3-6-11-20)28-25(33)18-35-27-30-29-26(21-12-9-15-23(17-21)34-2)31(27)22-13-7-4-8-14-22/h3-15,17,24H,16,18H2,1-2H3,(H,28,33)/t24-/m1/s1. The van der Waals surface area contributed by atoms with E-state index in [1.165, 1.54) is 18.7 Å². The van der Waals surface area contributed by atoms with E-state index in [0.717, 1.165) is 16.8 Å². The van der Waals surface area contributed by atoms with Crippen LogP contribution in [0.4, 0.5) is 0 Å². The molecule has 8 heteroatoms. The van der Waals surface area contributed by atoms with Crippen molar-refractivity contribution in [1.82, 2.24) is 20.1 Å². The second kappa shape index (κ2) is 11.5. The topological polar surface area (TPSA) is 86.1 Å². The van der Waals surface area contributed by atoms with Gasteiger partial charge in [0, 0.05) is 11.3 Å². The molecular weight excluding hydrogens is 460 g/mol. The van der Waals surface area contributed by atoms with Gasteiger partial charge < -0.3 is 10.1 Å². The summed E-state index contributed by atoms with van der Waals surface area (Å²) in [5, 5.41) is 12.2. The molecule has 0 aliphatic carbocycles. The Kier molecular flexibility index (Phi) is 7.95. The van der Waals surface area contributed by atoms with E-state index in [9.17, 15) is 9.59 Å². The predicted molar refractivity (Wildman–Crippen MR) is 137 cm³/mol. The van der Waals surface area contributed by atoms with Gasteiger partial charge in [-0.05, 0) is 43.2 Å². The summed E-state index contributed by atoms with van der Waals surface area (Å²) in [7, 11) is 1.62. The third kappa shape index (κ3) is 6.16. The normalized spacial score (nSPS) is 11.6. The van der Waals surface area contributed by atoms with Gasteiger partial charge in [0.1, 0.15) is 5.75 Å². The molecular formula is C27H26N4O3S. The number of ketones is 1. The van der Waals surface area contributed by atoms with Crippen LogP contribution in [-0.2, 0) is 16.0 Å². The number of carbonyl (C=O) groups excluding carboxylic acids is 2. The molecule has 1 atom stereocenters. The minimum atomic E-state index is -0.579. The number of thioether (sulfide) groups is 1. The lowest BCUT2D eigenvalue weighted by molar-refractivity contribution is -0.125. The van der Waals surface area contributed by atoms with Crippen LogP contribution >= 0.6 is 11.8 Å². The van der Waals surface area contributed by atoms with Gasteiger partial charge in [-0.2, -0.15) is 0 Å². The number of nitrogens with one attached hydrogen (secondary N) is 1. The van der Waals surface area contributed by atoms with Gasteiger partial charge in [-0.15, -0.1) is 10.2 Å². The molecule has 1 aromatic heterocycles. The number of rotatable bonds is 10. The Bertz CT molecular complexity index is 1290. The molecule has 0 aliphatic rings. The van der Waals surface area contributed by atoms with Crippen LogP contribution in [0.1, 0.15) is 12.5 Å². The molecule has 3 aromatic carbocycles. The monoisotopic (exact) mass is 486 g/mol. The van der Waals surface area contributed by atoms with E-state index in [2.05, 4.69) is 15.5 Å². The Hall–Kier alpha value is -3.91. The number of nitrogens with zero attached hydrogens (tertiary/aromatic N) is 3. The lowest BCUT2D eigenvalue weighted by atomic mass is 10.0. The van der Waals surface area contributed by atoms with Crippen molar-refractivity contribution in [2.75, 3.05) is 12.9 Å². The van der Waals surface area contributed by atoms with Crippen molar-refractivity contribution < 1.29 is 14.3 Å². The molecule has 1 heterocycles. The number of methoxy groups -OCH3 is 1. The minimum absolute atomic E-state index is 0.0834. The van der Waals surface area contributed by atoms with Gasteiger partial charge in [0.15, 0.2) is 16.8 Å². The van der Waals surface area contributed by atoms with Gasteiger partial charge in [0.2, 0.25) is 5.91 Å². The van der Waals surface area contributed by atoms with Crippen LogP contribution in [-0.4, -0.2) is 45.4 Å². The summed E-state index contributed by atoms with van der Waals surface area (Å²) in [6.45, 7) is 1.49. The van der Waals surface area contributed by atoms with Gasteiger partial charge in [-0.25, -0.2) is 0 Å². The number of amides is 1. The first-order valence-electron chi connectivity index (χ1n) is 11.2. The summed E-state index contributed by atoms with van der Waals surface area (Å²) in [6, 6.07) is 26.4. The maximum atomic E-state index is 12.8. The third-order valence-corrected chi connectivity index (χ3v) is 6.35. The Morgan fingerprint density at radius 2 is 1.69 bits per heavy atom. The minimum Gasteiger partial charge on any atom is -0.497 e. The highest BCUT2D eigenvalue weighted by atomic mass is 32.2. The number of benzene rings is 3. The van der Waals surface area contributed by atoms with Crippen LogP contribution in [0.5, 0.6) is 5.75 Å². The zero-order valence-electron chi connectivity index (χ0n) is 19.5. The summed E-state index contributed by atoms with van der Waals surface area (Å²) in [5.74, 6) is 1.13. The van der Waals surface area contributed by atoms with E-state index in [-0.39, 0.29) is 17.4 Å². The van der Waals surface area contributed by atoms with Gasteiger partial charge in [0.05, 0.1) is 18.9 Å². The molecule has 4 aromatic rings. The van der Waals surface area contributed by atoms with Crippen molar-refractivity contribution in [3.63, 3.8) is 0 Å². The average Bonchev–Trinajstić information content (AvgIpc) is 3.32. The summed E-state index contributed by atoms with van der Waals surface area (Å²) >= 11 is 1.27. The molecule has 178 valence electrons. The lowest BCUT2D eigenvalue weighted by Gasteiger charge is -2.16. The highest BCUT2D eigenvalue weighted by Gasteiger charge is 2.20. The smallest absolute Gasteiger partial charge is 0.231 e. The summed E-state index contributed by atoms with van der Waals surface area (Å²) in [5.41, 5.74) is 2.72. The van der Waals surface area contributed by atoms with E-state index in [0.29, 0.717) is 23.2 Å². The Balaban J connectivity index is 1.53. The molecule has 0 saturated carbocycles. The van der Waals surface area contributed by atoms with E-state index in [1.807, 2.05) is 89.5 Å². The molecule has 0 saturated heterocycles. The Morgan fingerprint density at radius 3 is 2.37 bits per heavy atom. The summed E-state index contributed by atoms with van der Waals surface area (Å²) in [4.78, 5) is 24.9. The number of Topliss-reactive ketones (excluding diaryl/α,β-unsaturated/α-hetero) is 1. The zero-order valence-corrected chi connectivity index (χ0v) is 20.4. The number of hydrogen-bond donors (Lipinski definition) is 1. The number of ether oxygens (including phenoxy) is 1. The van der Waals surface area contributed by atoms with Gasteiger partial charge in [-0.3, -0.25) is 14.2 Å². The molecule has 7 nitrogen and oxygen atoms in total. The molecule has 1 N–H and O–H groups in total. The second-order valence-corrected chi connectivity index (χ2v) is 8.86. The fourth-order valence-electron chi connectivity index (χ4n) is 3.63. The first kappa shape index (κ1) is 24.2. The van der Waals surface area contributed by atoms with Crippen LogP contribution in [0.2, 0.25) is 0 Å². The SMILES string of the molecule is COc1cccc(-c2nnc(SCC(=O)N[C@H](Cc3ccccc3)C(C)=O)n2-c2ccccc2)c1.